The van der Waals surface area contributed by atoms with Gasteiger partial charge in [0.1, 0.15) is 12.4 Å². The van der Waals surface area contributed by atoms with Crippen molar-refractivity contribution in [3.63, 3.8) is 0 Å². The Morgan fingerprint density at radius 3 is 2.83 bits per heavy atom. The van der Waals surface area contributed by atoms with Crippen molar-refractivity contribution in [2.24, 2.45) is 0 Å². The molecule has 3 heterocycles. The Bertz CT molecular complexity index is 999. The molecule has 3 aliphatic rings. The Morgan fingerprint density at radius 1 is 1.10 bits per heavy atom. The molecule has 7 heteroatoms. The first-order valence-corrected chi connectivity index (χ1v) is 10.2. The molecule has 0 atom stereocenters. The van der Waals surface area contributed by atoms with Gasteiger partial charge in [-0.05, 0) is 36.4 Å². The van der Waals surface area contributed by atoms with Crippen molar-refractivity contribution in [3.05, 3.63) is 58.1 Å². The minimum atomic E-state index is -0.155. The van der Waals surface area contributed by atoms with E-state index in [1.54, 1.807) is 12.1 Å². The Kier molecular flexibility index (Phi) is 4.91. The summed E-state index contributed by atoms with van der Waals surface area (Å²) in [5.74, 6) is 0.469. The first kappa shape index (κ1) is 18.5. The Labute approximate surface area is 174 Å². The fraction of sp³-hybridized carbons (Fsp3) is 0.318. The number of ether oxygens (including phenoxy) is 2. The number of anilines is 2. The summed E-state index contributed by atoms with van der Waals surface area (Å²) in [5.41, 5.74) is 5.20. The molecular weight excluding hydrogens is 390 g/mol. The third kappa shape index (κ3) is 3.59. The first-order chi connectivity index (χ1) is 14.2. The van der Waals surface area contributed by atoms with Gasteiger partial charge in [0, 0.05) is 59.3 Å². The topological polar surface area (TPSA) is 62.8 Å². The molecule has 0 aliphatic carbocycles. The van der Waals surface area contributed by atoms with Crippen LogP contribution in [0.4, 0.5) is 11.4 Å². The SMILES string of the molecule is O=C1Nc2ccc(Cl)cc2C1=C1OCc2cc(NCCN3CCOCC3)ccc21. The van der Waals surface area contributed by atoms with Crippen LogP contribution < -0.4 is 10.6 Å². The van der Waals surface area contributed by atoms with Crippen LogP contribution in [0.25, 0.3) is 11.3 Å². The van der Waals surface area contributed by atoms with Gasteiger partial charge >= 0.3 is 0 Å². The first-order valence-electron chi connectivity index (χ1n) is 9.85. The molecule has 2 aromatic carbocycles. The van der Waals surface area contributed by atoms with Crippen LogP contribution in [-0.2, 0) is 20.9 Å². The Balaban J connectivity index is 1.35. The van der Waals surface area contributed by atoms with E-state index < -0.39 is 0 Å². The van der Waals surface area contributed by atoms with E-state index in [1.807, 2.05) is 18.2 Å². The molecule has 0 unspecified atom stereocenters. The fourth-order valence-corrected chi connectivity index (χ4v) is 4.20. The molecule has 5 rings (SSSR count). The van der Waals surface area contributed by atoms with Crippen molar-refractivity contribution in [1.82, 2.24) is 4.90 Å². The van der Waals surface area contributed by atoms with E-state index in [9.17, 15) is 4.79 Å². The third-order valence-electron chi connectivity index (χ3n) is 5.54. The molecule has 0 spiro atoms. The van der Waals surface area contributed by atoms with E-state index in [-0.39, 0.29) is 5.91 Å². The lowest BCUT2D eigenvalue weighted by molar-refractivity contribution is -0.110. The zero-order valence-corrected chi connectivity index (χ0v) is 16.7. The third-order valence-corrected chi connectivity index (χ3v) is 5.77. The van der Waals surface area contributed by atoms with Crippen LogP contribution in [0.15, 0.2) is 36.4 Å². The van der Waals surface area contributed by atoms with Gasteiger partial charge in [0.2, 0.25) is 0 Å². The predicted molar refractivity (Wildman–Crippen MR) is 114 cm³/mol. The molecule has 0 saturated carbocycles. The number of amides is 1. The quantitative estimate of drug-likeness (QED) is 0.755. The number of carbonyl (C=O) groups excluding carboxylic acids is 1. The van der Waals surface area contributed by atoms with Gasteiger partial charge in [-0.15, -0.1) is 0 Å². The van der Waals surface area contributed by atoms with E-state index in [0.29, 0.717) is 23.0 Å². The molecule has 1 saturated heterocycles. The van der Waals surface area contributed by atoms with E-state index in [0.717, 1.165) is 67.5 Å². The lowest BCUT2D eigenvalue weighted by Gasteiger charge is -2.26. The highest BCUT2D eigenvalue weighted by Crippen LogP contribution is 2.42. The molecule has 3 aliphatic heterocycles. The number of morpholine rings is 1. The maximum absolute atomic E-state index is 12.6. The van der Waals surface area contributed by atoms with Crippen LogP contribution in [0, 0.1) is 0 Å². The standard InChI is InChI=1S/C22H22ClN3O3/c23-15-1-4-19-18(12-15)20(22(27)25-19)21-17-3-2-16(11-14(17)13-29-21)24-5-6-26-7-9-28-10-8-26/h1-4,11-12,24H,5-10,13H2,(H,25,27). The van der Waals surface area contributed by atoms with Crippen molar-refractivity contribution in [2.75, 3.05) is 50.0 Å². The van der Waals surface area contributed by atoms with Gasteiger partial charge in [-0.25, -0.2) is 0 Å². The summed E-state index contributed by atoms with van der Waals surface area (Å²) >= 11 is 6.15. The summed E-state index contributed by atoms with van der Waals surface area (Å²) < 4.78 is 11.3. The largest absolute Gasteiger partial charge is 0.487 e. The molecule has 6 nitrogen and oxygen atoms in total. The molecule has 0 radical (unpaired) electrons. The Morgan fingerprint density at radius 2 is 1.97 bits per heavy atom. The summed E-state index contributed by atoms with van der Waals surface area (Å²) in [7, 11) is 0. The minimum Gasteiger partial charge on any atom is -0.487 e. The molecule has 0 bridgehead atoms. The van der Waals surface area contributed by atoms with Crippen LogP contribution in [0.5, 0.6) is 0 Å². The number of nitrogens with zero attached hydrogens (tertiary/aromatic N) is 1. The second-order valence-corrected chi connectivity index (χ2v) is 7.83. The van der Waals surface area contributed by atoms with Crippen LogP contribution >= 0.6 is 11.6 Å². The van der Waals surface area contributed by atoms with Crippen LogP contribution in [0.3, 0.4) is 0 Å². The average molecular weight is 412 g/mol. The summed E-state index contributed by atoms with van der Waals surface area (Å²) in [6, 6.07) is 11.6. The highest BCUT2D eigenvalue weighted by atomic mass is 35.5. The molecule has 2 aromatic rings. The smallest absolute Gasteiger partial charge is 0.260 e. The normalized spacial score (nSPS) is 20.8. The second kappa shape index (κ2) is 7.71. The lowest BCUT2D eigenvalue weighted by atomic mass is 10.00. The van der Waals surface area contributed by atoms with Gasteiger partial charge in [-0.3, -0.25) is 9.69 Å². The second-order valence-electron chi connectivity index (χ2n) is 7.39. The van der Waals surface area contributed by atoms with Crippen LogP contribution in [-0.4, -0.2) is 50.2 Å². The number of hydrogen-bond donors (Lipinski definition) is 2. The number of carbonyl (C=O) groups is 1. The van der Waals surface area contributed by atoms with Crippen molar-refractivity contribution in [1.29, 1.82) is 0 Å². The number of fused-ring (bicyclic) bond motifs is 2. The molecule has 2 N–H and O–H groups in total. The zero-order valence-electron chi connectivity index (χ0n) is 16.0. The van der Waals surface area contributed by atoms with Crippen molar-refractivity contribution in [2.45, 2.75) is 6.61 Å². The molecular formula is C22H22ClN3O3. The van der Waals surface area contributed by atoms with E-state index in [1.165, 1.54) is 0 Å². The highest BCUT2D eigenvalue weighted by Gasteiger charge is 2.32. The summed E-state index contributed by atoms with van der Waals surface area (Å²) in [6.45, 7) is 5.93. The van der Waals surface area contributed by atoms with Gasteiger partial charge in [0.05, 0.1) is 18.8 Å². The summed E-state index contributed by atoms with van der Waals surface area (Å²) in [4.78, 5) is 15.0. The number of nitrogens with one attached hydrogen (secondary N) is 2. The number of hydrogen-bond acceptors (Lipinski definition) is 5. The predicted octanol–water partition coefficient (Wildman–Crippen LogP) is 3.43. The van der Waals surface area contributed by atoms with Crippen LogP contribution in [0.1, 0.15) is 16.7 Å². The highest BCUT2D eigenvalue weighted by molar-refractivity contribution is 6.38. The number of benzene rings is 2. The van der Waals surface area contributed by atoms with Gasteiger partial charge in [0.15, 0.2) is 0 Å². The monoisotopic (exact) mass is 411 g/mol. The number of halogens is 1. The maximum Gasteiger partial charge on any atom is 0.260 e. The summed E-state index contributed by atoms with van der Waals surface area (Å²) in [5, 5.41) is 6.97. The molecule has 1 amide bonds. The molecule has 150 valence electrons. The molecule has 0 aromatic heterocycles. The lowest BCUT2D eigenvalue weighted by Crippen LogP contribution is -2.39. The van der Waals surface area contributed by atoms with Gasteiger partial charge < -0.3 is 20.1 Å². The minimum absolute atomic E-state index is 0.155. The molecule has 29 heavy (non-hydrogen) atoms. The summed E-state index contributed by atoms with van der Waals surface area (Å²) in [6.07, 6.45) is 0. The van der Waals surface area contributed by atoms with Gasteiger partial charge in [0.25, 0.3) is 5.91 Å². The van der Waals surface area contributed by atoms with E-state index in [4.69, 9.17) is 21.1 Å². The average Bonchev–Trinajstić information content (AvgIpc) is 3.28. The van der Waals surface area contributed by atoms with Crippen molar-refractivity contribution < 1.29 is 14.3 Å². The van der Waals surface area contributed by atoms with E-state index in [2.05, 4.69) is 21.6 Å². The van der Waals surface area contributed by atoms with Crippen molar-refractivity contribution >= 4 is 40.2 Å². The molecule has 1 fully saturated rings. The maximum atomic E-state index is 12.6. The van der Waals surface area contributed by atoms with Gasteiger partial charge in [-0.2, -0.15) is 0 Å². The van der Waals surface area contributed by atoms with Crippen LogP contribution in [0.2, 0.25) is 5.02 Å². The zero-order chi connectivity index (χ0) is 19.8. The van der Waals surface area contributed by atoms with Crippen molar-refractivity contribution in [3.8, 4) is 0 Å². The number of rotatable bonds is 4. The van der Waals surface area contributed by atoms with E-state index >= 15 is 0 Å². The Hall–Kier alpha value is -2.54. The van der Waals surface area contributed by atoms with Gasteiger partial charge in [-0.1, -0.05) is 11.6 Å². The fourth-order valence-electron chi connectivity index (χ4n) is 4.03.